The molecule has 17 heavy (non-hydrogen) atoms. The van der Waals surface area contributed by atoms with Crippen LogP contribution >= 0.6 is 0 Å². The van der Waals surface area contributed by atoms with Crippen molar-refractivity contribution in [3.05, 3.63) is 11.9 Å². The number of halogens is 1. The van der Waals surface area contributed by atoms with Gasteiger partial charge in [0.2, 0.25) is 0 Å². The fraction of sp³-hybridized carbons (Fsp3) is 0.667. The van der Waals surface area contributed by atoms with Crippen LogP contribution < -0.4 is 0 Å². The first-order chi connectivity index (χ1) is 7.67. The molecule has 0 saturated heterocycles. The summed E-state index contributed by atoms with van der Waals surface area (Å²) in [7, 11) is 1.48. The lowest BCUT2D eigenvalue weighted by molar-refractivity contribution is -0.116. The third-order valence-corrected chi connectivity index (χ3v) is 1.84. The van der Waals surface area contributed by atoms with E-state index in [2.05, 4.69) is 0 Å². The maximum Gasteiger partial charge on any atom is 0.410 e. The van der Waals surface area contributed by atoms with E-state index in [0.29, 0.717) is 0 Å². The third-order valence-electron chi connectivity index (χ3n) is 1.84. The molecule has 0 aliphatic rings. The van der Waals surface area contributed by atoms with E-state index >= 15 is 0 Å². The highest BCUT2D eigenvalue weighted by molar-refractivity contribution is 5.92. The Morgan fingerprint density at radius 2 is 1.88 bits per heavy atom. The monoisotopic (exact) mass is 245 g/mol. The summed E-state index contributed by atoms with van der Waals surface area (Å²) in [6.07, 6.45) is 0.638. The van der Waals surface area contributed by atoms with Gasteiger partial charge >= 0.3 is 6.09 Å². The number of Topliss-reactive ketones (excluding diaryl/α,β-unsaturated/α-hetero) is 1. The van der Waals surface area contributed by atoms with Gasteiger partial charge in [-0.15, -0.1) is 0 Å². The van der Waals surface area contributed by atoms with Crippen LogP contribution in [0, 0.1) is 0 Å². The van der Waals surface area contributed by atoms with Gasteiger partial charge in [0.1, 0.15) is 5.60 Å². The molecule has 0 atom stereocenters. The quantitative estimate of drug-likeness (QED) is 0.715. The van der Waals surface area contributed by atoms with Crippen molar-refractivity contribution >= 4 is 11.9 Å². The van der Waals surface area contributed by atoms with E-state index in [0.717, 1.165) is 6.08 Å². The van der Waals surface area contributed by atoms with E-state index in [1.807, 2.05) is 0 Å². The van der Waals surface area contributed by atoms with E-state index in [9.17, 15) is 14.0 Å². The van der Waals surface area contributed by atoms with Gasteiger partial charge in [-0.3, -0.25) is 4.79 Å². The molecule has 0 aromatic heterocycles. The molecule has 0 N–H and O–H groups in total. The molecule has 0 bridgehead atoms. The fourth-order valence-electron chi connectivity index (χ4n) is 0.914. The number of carbonyl (C=O) groups excluding carboxylic acids is 2. The summed E-state index contributed by atoms with van der Waals surface area (Å²) in [5.41, 5.74) is -0.590. The highest BCUT2D eigenvalue weighted by Gasteiger charge is 2.19. The van der Waals surface area contributed by atoms with Crippen molar-refractivity contribution in [2.24, 2.45) is 0 Å². The minimum atomic E-state index is -0.817. The van der Waals surface area contributed by atoms with Crippen molar-refractivity contribution in [1.29, 1.82) is 0 Å². The second kappa shape index (κ2) is 6.37. The average molecular weight is 245 g/mol. The fourth-order valence-corrected chi connectivity index (χ4v) is 0.914. The number of ether oxygens (including phenoxy) is 1. The summed E-state index contributed by atoms with van der Waals surface area (Å²) >= 11 is 0. The van der Waals surface area contributed by atoms with E-state index in [-0.39, 0.29) is 13.0 Å². The van der Waals surface area contributed by atoms with Crippen LogP contribution in [0.15, 0.2) is 11.9 Å². The smallest absolute Gasteiger partial charge is 0.410 e. The van der Waals surface area contributed by atoms with Gasteiger partial charge in [0.15, 0.2) is 11.6 Å². The van der Waals surface area contributed by atoms with Crippen molar-refractivity contribution < 1.29 is 18.7 Å². The zero-order valence-corrected chi connectivity index (χ0v) is 11.0. The molecule has 0 aromatic carbocycles. The summed E-state index contributed by atoms with van der Waals surface area (Å²) in [5.74, 6) is -1.38. The molecule has 0 heterocycles. The van der Waals surface area contributed by atoms with Crippen LogP contribution in [-0.4, -0.2) is 36.0 Å². The van der Waals surface area contributed by atoms with Crippen LogP contribution in [-0.2, 0) is 9.53 Å². The molecule has 98 valence electrons. The Morgan fingerprint density at radius 1 is 1.35 bits per heavy atom. The Balaban J connectivity index is 4.32. The number of hydrogen-bond acceptors (Lipinski definition) is 3. The third kappa shape index (κ3) is 6.71. The standard InChI is InChI=1S/C12H20FNO3/c1-6-10(15)9(13)7-8-14(5)11(16)17-12(2,3)4/h7H,6,8H2,1-5H3/b9-7-. The Kier molecular flexibility index (Phi) is 5.85. The highest BCUT2D eigenvalue weighted by Crippen LogP contribution is 2.09. The number of nitrogens with zero attached hydrogens (tertiary/aromatic N) is 1. The van der Waals surface area contributed by atoms with Crippen molar-refractivity contribution in [2.45, 2.75) is 39.7 Å². The minimum absolute atomic E-state index is 0.00644. The molecule has 0 fully saturated rings. The molecule has 0 radical (unpaired) electrons. The molecule has 0 aliphatic carbocycles. The molecule has 0 saturated carbocycles. The number of hydrogen-bond donors (Lipinski definition) is 0. The maximum absolute atomic E-state index is 13.1. The van der Waals surface area contributed by atoms with Crippen LogP contribution in [0.25, 0.3) is 0 Å². The van der Waals surface area contributed by atoms with Crippen LogP contribution in [0.4, 0.5) is 9.18 Å². The van der Waals surface area contributed by atoms with Crippen molar-refractivity contribution in [2.75, 3.05) is 13.6 Å². The number of likely N-dealkylation sites (N-methyl/N-ethyl adjacent to an activating group) is 1. The Bertz CT molecular complexity index is 318. The van der Waals surface area contributed by atoms with Gasteiger partial charge < -0.3 is 9.64 Å². The van der Waals surface area contributed by atoms with Crippen LogP contribution in [0.5, 0.6) is 0 Å². The summed E-state index contributed by atoms with van der Waals surface area (Å²) in [6.45, 7) is 6.82. The van der Waals surface area contributed by atoms with Gasteiger partial charge in [-0.2, -0.15) is 0 Å². The van der Waals surface area contributed by atoms with Gasteiger partial charge in [0, 0.05) is 20.0 Å². The number of rotatable bonds is 4. The Labute approximate surface area is 101 Å². The van der Waals surface area contributed by atoms with E-state index in [1.54, 1.807) is 27.7 Å². The van der Waals surface area contributed by atoms with E-state index in [1.165, 1.54) is 11.9 Å². The van der Waals surface area contributed by atoms with Gasteiger partial charge in [0.25, 0.3) is 0 Å². The molecular weight excluding hydrogens is 225 g/mol. The van der Waals surface area contributed by atoms with Crippen LogP contribution in [0.2, 0.25) is 0 Å². The van der Waals surface area contributed by atoms with Crippen LogP contribution in [0.1, 0.15) is 34.1 Å². The lowest BCUT2D eigenvalue weighted by Crippen LogP contribution is -2.34. The summed E-state index contributed by atoms with van der Waals surface area (Å²) in [5, 5.41) is 0. The number of allylic oxidation sites excluding steroid dienone is 1. The minimum Gasteiger partial charge on any atom is -0.444 e. The number of amides is 1. The summed E-state index contributed by atoms with van der Waals surface area (Å²) in [4.78, 5) is 23.6. The second-order valence-electron chi connectivity index (χ2n) is 4.69. The lowest BCUT2D eigenvalue weighted by Gasteiger charge is -2.23. The zero-order chi connectivity index (χ0) is 13.6. The topological polar surface area (TPSA) is 46.6 Å². The van der Waals surface area contributed by atoms with E-state index in [4.69, 9.17) is 4.74 Å². The molecule has 0 spiro atoms. The first kappa shape index (κ1) is 15.6. The molecule has 5 heteroatoms. The maximum atomic E-state index is 13.1. The first-order valence-corrected chi connectivity index (χ1v) is 5.50. The molecule has 0 aliphatic heterocycles. The average Bonchev–Trinajstić information content (AvgIpc) is 2.21. The second-order valence-corrected chi connectivity index (χ2v) is 4.69. The normalized spacial score (nSPS) is 12.2. The predicted octanol–water partition coefficient (Wildman–Crippen LogP) is 2.69. The molecule has 4 nitrogen and oxygen atoms in total. The SMILES string of the molecule is CCC(=O)/C(F)=C/CN(C)C(=O)OC(C)(C)C. The predicted molar refractivity (Wildman–Crippen MR) is 63.4 cm³/mol. The Hall–Kier alpha value is -1.39. The Morgan fingerprint density at radius 3 is 2.29 bits per heavy atom. The van der Waals surface area contributed by atoms with Gasteiger partial charge in [-0.25, -0.2) is 9.18 Å². The summed E-state index contributed by atoms with van der Waals surface area (Å²) in [6, 6.07) is 0. The number of ketones is 1. The lowest BCUT2D eigenvalue weighted by atomic mass is 10.2. The van der Waals surface area contributed by atoms with Gasteiger partial charge in [0.05, 0.1) is 0 Å². The largest absolute Gasteiger partial charge is 0.444 e. The van der Waals surface area contributed by atoms with Crippen LogP contribution in [0.3, 0.4) is 0 Å². The molecule has 0 rings (SSSR count). The molecule has 0 aromatic rings. The number of carbonyl (C=O) groups is 2. The van der Waals surface area contributed by atoms with Gasteiger partial charge in [-0.1, -0.05) is 6.92 Å². The first-order valence-electron chi connectivity index (χ1n) is 5.50. The summed E-state index contributed by atoms with van der Waals surface area (Å²) < 4.78 is 18.2. The van der Waals surface area contributed by atoms with Crippen molar-refractivity contribution in [3.8, 4) is 0 Å². The van der Waals surface area contributed by atoms with Gasteiger partial charge in [-0.05, 0) is 26.8 Å². The van der Waals surface area contributed by atoms with E-state index < -0.39 is 23.3 Å². The zero-order valence-electron chi connectivity index (χ0n) is 11.0. The highest BCUT2D eigenvalue weighted by atomic mass is 19.1. The molecule has 1 amide bonds. The van der Waals surface area contributed by atoms with Crippen molar-refractivity contribution in [1.82, 2.24) is 4.90 Å². The van der Waals surface area contributed by atoms with Crippen molar-refractivity contribution in [3.63, 3.8) is 0 Å². The molecular formula is C12H20FNO3. The molecule has 0 unspecified atom stereocenters.